The quantitative estimate of drug-likeness (QED) is 0.889. The van der Waals surface area contributed by atoms with Gasteiger partial charge in [0.2, 0.25) is 0 Å². The van der Waals surface area contributed by atoms with Crippen LogP contribution in [0.4, 0.5) is 0 Å². The zero-order valence-corrected chi connectivity index (χ0v) is 9.66. The van der Waals surface area contributed by atoms with Crippen molar-refractivity contribution in [2.75, 3.05) is 6.54 Å². The van der Waals surface area contributed by atoms with Crippen molar-refractivity contribution in [3.05, 3.63) is 34.6 Å². The number of nitrogens with two attached hydrogens (primary N) is 1. The van der Waals surface area contributed by atoms with Crippen LogP contribution in [0.2, 0.25) is 5.02 Å². The third kappa shape index (κ3) is 2.23. The Morgan fingerprint density at radius 1 is 1.44 bits per heavy atom. The standard InChI is InChI=1S/C11H12ClN3O/c1-7-6-8(2-3-9(7)12)11-14-10(4-5-13)15-16-11/h2-3,6H,4-5,13H2,1H3. The molecule has 0 radical (unpaired) electrons. The van der Waals surface area contributed by atoms with Crippen molar-refractivity contribution in [1.29, 1.82) is 0 Å². The molecule has 2 N–H and O–H groups in total. The molecule has 5 heteroatoms. The van der Waals surface area contributed by atoms with E-state index in [1.165, 1.54) is 0 Å². The highest BCUT2D eigenvalue weighted by Crippen LogP contribution is 2.23. The molecule has 0 unspecified atom stereocenters. The first-order chi connectivity index (χ1) is 7.70. The molecule has 16 heavy (non-hydrogen) atoms. The van der Waals surface area contributed by atoms with E-state index in [1.54, 1.807) is 0 Å². The van der Waals surface area contributed by atoms with Gasteiger partial charge in [-0.3, -0.25) is 0 Å². The summed E-state index contributed by atoms with van der Waals surface area (Å²) in [6, 6.07) is 5.59. The summed E-state index contributed by atoms with van der Waals surface area (Å²) in [5.41, 5.74) is 7.27. The molecule has 0 spiro atoms. The van der Waals surface area contributed by atoms with Gasteiger partial charge < -0.3 is 10.3 Å². The molecule has 0 aliphatic carbocycles. The monoisotopic (exact) mass is 237 g/mol. The summed E-state index contributed by atoms with van der Waals surface area (Å²) in [5.74, 6) is 1.13. The molecule has 2 aromatic rings. The van der Waals surface area contributed by atoms with E-state index in [4.69, 9.17) is 21.9 Å². The Labute approximate surface area is 98.4 Å². The molecule has 0 aliphatic heterocycles. The highest BCUT2D eigenvalue weighted by molar-refractivity contribution is 6.31. The van der Waals surface area contributed by atoms with Crippen molar-refractivity contribution in [1.82, 2.24) is 10.1 Å². The number of hydrogen-bond donors (Lipinski definition) is 1. The lowest BCUT2D eigenvalue weighted by Crippen LogP contribution is -2.03. The molecule has 2 rings (SSSR count). The second-order valence-electron chi connectivity index (χ2n) is 3.52. The zero-order valence-electron chi connectivity index (χ0n) is 8.90. The Morgan fingerprint density at radius 2 is 2.25 bits per heavy atom. The third-order valence-corrected chi connectivity index (χ3v) is 2.67. The summed E-state index contributed by atoms with van der Waals surface area (Å²) in [6.45, 7) is 2.45. The number of hydrogen-bond acceptors (Lipinski definition) is 4. The molecule has 0 saturated heterocycles. The van der Waals surface area contributed by atoms with Gasteiger partial charge in [-0.05, 0) is 37.2 Å². The lowest BCUT2D eigenvalue weighted by molar-refractivity contribution is 0.422. The maximum atomic E-state index is 5.94. The van der Waals surface area contributed by atoms with Crippen LogP contribution in [0.15, 0.2) is 22.7 Å². The second kappa shape index (κ2) is 4.63. The van der Waals surface area contributed by atoms with Crippen molar-refractivity contribution in [2.24, 2.45) is 5.73 Å². The summed E-state index contributed by atoms with van der Waals surface area (Å²) in [5, 5.41) is 4.56. The first-order valence-electron chi connectivity index (χ1n) is 5.00. The predicted octanol–water partition coefficient (Wildman–Crippen LogP) is 2.20. The van der Waals surface area contributed by atoms with Gasteiger partial charge in [0.1, 0.15) is 0 Å². The summed E-state index contributed by atoms with van der Waals surface area (Å²) < 4.78 is 5.14. The number of rotatable bonds is 3. The first-order valence-corrected chi connectivity index (χ1v) is 5.37. The molecule has 4 nitrogen and oxygen atoms in total. The van der Waals surface area contributed by atoms with Gasteiger partial charge in [-0.2, -0.15) is 4.98 Å². The minimum atomic E-state index is 0.503. The minimum absolute atomic E-state index is 0.503. The molecule has 1 aromatic heterocycles. The van der Waals surface area contributed by atoms with Crippen LogP contribution >= 0.6 is 11.6 Å². The van der Waals surface area contributed by atoms with Crippen molar-refractivity contribution < 1.29 is 4.52 Å². The summed E-state index contributed by atoms with van der Waals surface area (Å²) in [4.78, 5) is 4.24. The van der Waals surface area contributed by atoms with E-state index in [0.717, 1.165) is 16.1 Å². The first kappa shape index (κ1) is 11.1. The minimum Gasteiger partial charge on any atom is -0.334 e. The molecule has 0 atom stereocenters. The maximum absolute atomic E-state index is 5.94. The average Bonchev–Trinajstić information content (AvgIpc) is 2.71. The van der Waals surface area contributed by atoms with Gasteiger partial charge in [-0.1, -0.05) is 16.8 Å². The lowest BCUT2D eigenvalue weighted by atomic mass is 10.1. The van der Waals surface area contributed by atoms with Gasteiger partial charge in [0.15, 0.2) is 5.82 Å². The fourth-order valence-corrected chi connectivity index (χ4v) is 1.50. The summed E-state index contributed by atoms with van der Waals surface area (Å²) >= 11 is 5.94. The molecular weight excluding hydrogens is 226 g/mol. The third-order valence-electron chi connectivity index (χ3n) is 2.24. The molecule has 84 valence electrons. The Balaban J connectivity index is 2.31. The number of halogens is 1. The van der Waals surface area contributed by atoms with E-state index < -0.39 is 0 Å². The number of benzene rings is 1. The molecular formula is C11H12ClN3O. The van der Waals surface area contributed by atoms with Gasteiger partial charge in [-0.25, -0.2) is 0 Å². The van der Waals surface area contributed by atoms with E-state index in [9.17, 15) is 0 Å². The van der Waals surface area contributed by atoms with Crippen LogP contribution in [0, 0.1) is 6.92 Å². The van der Waals surface area contributed by atoms with Crippen LogP contribution in [0.3, 0.4) is 0 Å². The van der Waals surface area contributed by atoms with Crippen LogP contribution in [-0.2, 0) is 6.42 Å². The fourth-order valence-electron chi connectivity index (χ4n) is 1.38. The maximum Gasteiger partial charge on any atom is 0.257 e. The molecule has 0 aliphatic rings. The fraction of sp³-hybridized carbons (Fsp3) is 0.273. The normalized spacial score (nSPS) is 10.7. The number of aryl methyl sites for hydroxylation is 1. The van der Waals surface area contributed by atoms with E-state index in [-0.39, 0.29) is 0 Å². The van der Waals surface area contributed by atoms with E-state index in [1.807, 2.05) is 25.1 Å². The molecule has 0 fully saturated rings. The highest BCUT2D eigenvalue weighted by Gasteiger charge is 2.09. The van der Waals surface area contributed by atoms with E-state index >= 15 is 0 Å². The summed E-state index contributed by atoms with van der Waals surface area (Å²) in [6.07, 6.45) is 0.621. The molecule has 0 amide bonds. The van der Waals surface area contributed by atoms with Gasteiger partial charge in [0, 0.05) is 17.0 Å². The zero-order chi connectivity index (χ0) is 11.5. The smallest absolute Gasteiger partial charge is 0.257 e. The molecule has 0 bridgehead atoms. The van der Waals surface area contributed by atoms with Crippen molar-refractivity contribution in [2.45, 2.75) is 13.3 Å². The second-order valence-corrected chi connectivity index (χ2v) is 3.93. The highest BCUT2D eigenvalue weighted by atomic mass is 35.5. The van der Waals surface area contributed by atoms with Gasteiger partial charge in [0.25, 0.3) is 5.89 Å². The van der Waals surface area contributed by atoms with Crippen molar-refractivity contribution in [3.8, 4) is 11.5 Å². The Hall–Kier alpha value is -1.39. The van der Waals surface area contributed by atoms with E-state index in [2.05, 4.69) is 10.1 Å². The number of aromatic nitrogens is 2. The Morgan fingerprint density at radius 3 is 2.94 bits per heavy atom. The van der Waals surface area contributed by atoms with Gasteiger partial charge >= 0.3 is 0 Å². The molecule has 1 aromatic carbocycles. The Bertz CT molecular complexity index is 496. The van der Waals surface area contributed by atoms with Crippen molar-refractivity contribution >= 4 is 11.6 Å². The van der Waals surface area contributed by atoms with E-state index in [0.29, 0.717) is 24.7 Å². The lowest BCUT2D eigenvalue weighted by Gasteiger charge is -1.98. The largest absolute Gasteiger partial charge is 0.334 e. The number of nitrogens with zero attached hydrogens (tertiary/aromatic N) is 2. The van der Waals surface area contributed by atoms with Gasteiger partial charge in [-0.15, -0.1) is 0 Å². The molecule has 1 heterocycles. The molecule has 0 saturated carbocycles. The SMILES string of the molecule is Cc1cc(-c2nc(CCN)no2)ccc1Cl. The van der Waals surface area contributed by atoms with Crippen molar-refractivity contribution in [3.63, 3.8) is 0 Å². The van der Waals surface area contributed by atoms with Crippen LogP contribution in [0.25, 0.3) is 11.5 Å². The van der Waals surface area contributed by atoms with Gasteiger partial charge in [0.05, 0.1) is 0 Å². The van der Waals surface area contributed by atoms with Crippen LogP contribution in [0.5, 0.6) is 0 Å². The summed E-state index contributed by atoms with van der Waals surface area (Å²) in [7, 11) is 0. The Kier molecular flexibility index (Phi) is 3.22. The van der Waals surface area contributed by atoms with Crippen LogP contribution < -0.4 is 5.73 Å². The average molecular weight is 238 g/mol. The predicted molar refractivity (Wildman–Crippen MR) is 62.2 cm³/mol. The van der Waals surface area contributed by atoms with Crippen LogP contribution in [-0.4, -0.2) is 16.7 Å². The topological polar surface area (TPSA) is 64.9 Å². The van der Waals surface area contributed by atoms with Crippen LogP contribution in [0.1, 0.15) is 11.4 Å².